The van der Waals surface area contributed by atoms with E-state index < -0.39 is 12.1 Å². The first-order valence-electron chi connectivity index (χ1n) is 13.2. The largest absolute Gasteiger partial charge is 0.492 e. The summed E-state index contributed by atoms with van der Waals surface area (Å²) < 4.78 is 16.9. The van der Waals surface area contributed by atoms with E-state index >= 15 is 0 Å². The van der Waals surface area contributed by atoms with Gasteiger partial charge in [-0.3, -0.25) is 0 Å². The molecule has 0 saturated carbocycles. The molecule has 0 aliphatic rings. The summed E-state index contributed by atoms with van der Waals surface area (Å²) in [5, 5.41) is 14.0. The maximum absolute atomic E-state index is 13.1. The molecular formula is C30H32Cl4N2O6. The number of nitrogens with zero attached hydrogens (tertiary/aromatic N) is 1. The number of hydrogen-bond donors (Lipinski definition) is 2. The lowest BCUT2D eigenvalue weighted by Gasteiger charge is -2.23. The average molecular weight is 658 g/mol. The zero-order valence-electron chi connectivity index (χ0n) is 23.0. The van der Waals surface area contributed by atoms with Crippen LogP contribution in [0, 0.1) is 0 Å². The van der Waals surface area contributed by atoms with Crippen molar-refractivity contribution in [1.82, 2.24) is 4.90 Å². The highest BCUT2D eigenvalue weighted by Crippen LogP contribution is 2.26. The Balaban J connectivity index is 1.55. The van der Waals surface area contributed by atoms with Crippen LogP contribution in [0.2, 0.25) is 20.1 Å². The molecule has 0 saturated heterocycles. The van der Waals surface area contributed by atoms with Crippen LogP contribution in [0.15, 0.2) is 60.7 Å². The third-order valence-corrected chi connectivity index (χ3v) is 6.97. The monoisotopic (exact) mass is 656 g/mol. The fourth-order valence-electron chi connectivity index (χ4n) is 3.97. The van der Waals surface area contributed by atoms with E-state index in [0.717, 1.165) is 11.1 Å². The first kappa shape index (κ1) is 33.8. The molecule has 3 rings (SSSR count). The summed E-state index contributed by atoms with van der Waals surface area (Å²) in [5.74, 6) is -0.415. The minimum Gasteiger partial charge on any atom is -0.492 e. The Morgan fingerprint density at radius 2 is 1.60 bits per heavy atom. The molecule has 2 N–H and O–H groups in total. The Morgan fingerprint density at radius 3 is 2.24 bits per heavy atom. The van der Waals surface area contributed by atoms with Crippen molar-refractivity contribution in [2.45, 2.75) is 32.5 Å². The Hall–Kier alpha value is -2.72. The van der Waals surface area contributed by atoms with Crippen molar-refractivity contribution in [2.75, 3.05) is 38.2 Å². The fourth-order valence-corrected chi connectivity index (χ4v) is 5.00. The first-order valence-corrected chi connectivity index (χ1v) is 14.8. The van der Waals surface area contributed by atoms with Crippen molar-refractivity contribution in [3.63, 3.8) is 0 Å². The molecule has 226 valence electrons. The zero-order chi connectivity index (χ0) is 30.5. The van der Waals surface area contributed by atoms with E-state index in [0.29, 0.717) is 64.3 Å². The number of anilines is 1. The number of carboxylic acids is 1. The number of aliphatic carboxylic acids is 1. The van der Waals surface area contributed by atoms with E-state index in [4.69, 9.17) is 60.6 Å². The molecule has 8 nitrogen and oxygen atoms in total. The lowest BCUT2D eigenvalue weighted by Crippen LogP contribution is -2.39. The quantitative estimate of drug-likeness (QED) is 0.152. The van der Waals surface area contributed by atoms with Crippen LogP contribution in [0.5, 0.6) is 5.75 Å². The number of hydrogen-bond acceptors (Lipinski definition) is 5. The Kier molecular flexibility index (Phi) is 14.0. The van der Waals surface area contributed by atoms with Crippen molar-refractivity contribution in [2.24, 2.45) is 0 Å². The zero-order valence-corrected chi connectivity index (χ0v) is 26.0. The number of halogens is 4. The first-order chi connectivity index (χ1) is 20.1. The van der Waals surface area contributed by atoms with E-state index in [1.54, 1.807) is 72.5 Å². The van der Waals surface area contributed by atoms with E-state index in [9.17, 15) is 14.7 Å². The lowest BCUT2D eigenvalue weighted by molar-refractivity contribution is -0.149. The molecule has 0 heterocycles. The molecule has 3 aromatic carbocycles. The topological polar surface area (TPSA) is 97.3 Å². The van der Waals surface area contributed by atoms with Gasteiger partial charge in [-0.2, -0.15) is 0 Å². The second-order valence-electron chi connectivity index (χ2n) is 9.20. The molecule has 2 amide bonds. The predicted octanol–water partition coefficient (Wildman–Crippen LogP) is 7.85. The molecular weight excluding hydrogens is 626 g/mol. The van der Waals surface area contributed by atoms with Gasteiger partial charge in [0.2, 0.25) is 0 Å². The number of nitrogens with one attached hydrogen (secondary N) is 1. The van der Waals surface area contributed by atoms with Crippen molar-refractivity contribution in [1.29, 1.82) is 0 Å². The Morgan fingerprint density at radius 1 is 0.881 bits per heavy atom. The van der Waals surface area contributed by atoms with E-state index in [1.165, 1.54) is 0 Å². The van der Waals surface area contributed by atoms with Gasteiger partial charge in [-0.05, 0) is 73.0 Å². The fraction of sp³-hybridized carbons (Fsp3) is 0.333. The number of urea groups is 1. The number of carbonyl (C=O) groups is 2. The van der Waals surface area contributed by atoms with Crippen LogP contribution < -0.4 is 10.1 Å². The third-order valence-electron chi connectivity index (χ3n) is 5.99. The molecule has 12 heteroatoms. The summed E-state index contributed by atoms with van der Waals surface area (Å²) in [5.41, 5.74) is 2.10. The molecule has 3 aromatic rings. The highest BCUT2D eigenvalue weighted by molar-refractivity contribution is 6.36. The summed E-state index contributed by atoms with van der Waals surface area (Å²) in [7, 11) is 0. The van der Waals surface area contributed by atoms with Gasteiger partial charge in [0.15, 0.2) is 6.10 Å². The second-order valence-corrected chi connectivity index (χ2v) is 10.9. The number of amides is 2. The molecule has 0 fully saturated rings. The molecule has 0 radical (unpaired) electrons. The van der Waals surface area contributed by atoms with Gasteiger partial charge >= 0.3 is 12.0 Å². The smallest absolute Gasteiger partial charge is 0.333 e. The Labute approximate surface area is 265 Å². The Bertz CT molecular complexity index is 1310. The van der Waals surface area contributed by atoms with Gasteiger partial charge in [0, 0.05) is 41.2 Å². The van der Waals surface area contributed by atoms with E-state index in [-0.39, 0.29) is 25.6 Å². The van der Waals surface area contributed by atoms with Crippen molar-refractivity contribution in [3.05, 3.63) is 91.9 Å². The van der Waals surface area contributed by atoms with Crippen molar-refractivity contribution >= 4 is 64.1 Å². The van der Waals surface area contributed by atoms with Gasteiger partial charge < -0.3 is 29.5 Å². The maximum Gasteiger partial charge on any atom is 0.333 e. The summed E-state index contributed by atoms with van der Waals surface area (Å²) in [4.78, 5) is 26.1. The summed E-state index contributed by atoms with van der Waals surface area (Å²) in [6.45, 7) is 3.71. The lowest BCUT2D eigenvalue weighted by atomic mass is 10.1. The molecule has 42 heavy (non-hydrogen) atoms. The van der Waals surface area contributed by atoms with Gasteiger partial charge in [-0.1, -0.05) is 58.5 Å². The number of rotatable bonds is 16. The molecule has 0 aromatic heterocycles. The van der Waals surface area contributed by atoms with Gasteiger partial charge in [0.1, 0.15) is 12.4 Å². The van der Waals surface area contributed by atoms with E-state index in [1.807, 2.05) is 0 Å². The molecule has 0 aliphatic carbocycles. The predicted molar refractivity (Wildman–Crippen MR) is 166 cm³/mol. The van der Waals surface area contributed by atoms with Gasteiger partial charge in [-0.25, -0.2) is 9.59 Å². The minimum absolute atomic E-state index is 0.222. The standard InChI is InChI=1S/C30H32Cl4N2O6/c1-2-41-28(29(37)38)16-20-4-7-25(8-5-20)42-13-11-36(30(39)35-27-9-6-22(31)18-26(27)34)10-3-12-40-19-21-14-23(32)17-24(33)15-21/h4-9,14-15,17-18,28H,2-3,10-13,16,19H2,1H3,(H,35,39)(H,37,38). The molecule has 1 unspecified atom stereocenters. The number of benzene rings is 3. The maximum atomic E-state index is 13.1. The second kappa shape index (κ2) is 17.4. The van der Waals surface area contributed by atoms with Gasteiger partial charge in [-0.15, -0.1) is 0 Å². The number of ether oxygens (including phenoxy) is 3. The average Bonchev–Trinajstić information content (AvgIpc) is 2.93. The normalized spacial score (nSPS) is 11.6. The molecule has 0 bridgehead atoms. The number of carbonyl (C=O) groups excluding carboxylic acids is 1. The van der Waals surface area contributed by atoms with Crippen molar-refractivity contribution < 1.29 is 28.9 Å². The number of carboxylic acid groups (broad SMARTS) is 1. The third kappa shape index (κ3) is 11.5. The highest BCUT2D eigenvalue weighted by Gasteiger charge is 2.18. The van der Waals surface area contributed by atoms with Crippen LogP contribution >= 0.6 is 46.4 Å². The SMILES string of the molecule is CCOC(Cc1ccc(OCCN(CCCOCc2cc(Cl)cc(Cl)c2)C(=O)Nc2ccc(Cl)cc2Cl)cc1)C(=O)O. The van der Waals surface area contributed by atoms with Crippen molar-refractivity contribution in [3.8, 4) is 5.75 Å². The van der Waals surface area contributed by atoms with Crippen LogP contribution in [0.4, 0.5) is 10.5 Å². The summed E-state index contributed by atoms with van der Waals surface area (Å²) in [6.07, 6.45) is -0.0952. The molecule has 0 spiro atoms. The van der Waals surface area contributed by atoms with Crippen LogP contribution in [0.1, 0.15) is 24.5 Å². The summed E-state index contributed by atoms with van der Waals surface area (Å²) in [6, 6.07) is 16.8. The van der Waals surface area contributed by atoms with Crippen LogP contribution in [-0.2, 0) is 27.3 Å². The van der Waals surface area contributed by atoms with Crippen LogP contribution in [-0.4, -0.2) is 61.0 Å². The highest BCUT2D eigenvalue weighted by atomic mass is 35.5. The van der Waals surface area contributed by atoms with Gasteiger partial charge in [0.05, 0.1) is 23.9 Å². The molecule has 1 atom stereocenters. The molecule has 0 aliphatic heterocycles. The van der Waals surface area contributed by atoms with Gasteiger partial charge in [0.25, 0.3) is 0 Å². The minimum atomic E-state index is -1.00. The van der Waals surface area contributed by atoms with E-state index in [2.05, 4.69) is 5.32 Å². The van der Waals surface area contributed by atoms with Crippen LogP contribution in [0.25, 0.3) is 0 Å². The van der Waals surface area contributed by atoms with Crippen LogP contribution in [0.3, 0.4) is 0 Å². The summed E-state index contributed by atoms with van der Waals surface area (Å²) >= 11 is 24.3.